The Labute approximate surface area is 165 Å². The van der Waals surface area contributed by atoms with Gasteiger partial charge < -0.3 is 19.9 Å². The first-order chi connectivity index (χ1) is 13.8. The summed E-state index contributed by atoms with van der Waals surface area (Å²) in [5.74, 6) is -0.270. The molecule has 0 bridgehead atoms. The summed E-state index contributed by atoms with van der Waals surface area (Å²) in [4.78, 5) is 38.3. The zero-order chi connectivity index (χ0) is 21.0. The van der Waals surface area contributed by atoms with Crippen molar-refractivity contribution in [3.63, 3.8) is 0 Å². The smallest absolute Gasteiger partial charge is 0.332 e. The summed E-state index contributed by atoms with van der Waals surface area (Å²) in [6, 6.07) is 3.16. The number of Topliss-reactive ketones (excluding diaryl/α,β-unsaturated/α-hetero) is 1. The molecule has 4 rings (SSSR count). The lowest BCUT2D eigenvalue weighted by Gasteiger charge is -2.30. The number of hydrogen-bond acceptors (Lipinski definition) is 7. The number of nitrogens with one attached hydrogen (secondary N) is 1. The molecule has 1 atom stereocenters. The number of fused-ring (bicyclic) bond motifs is 1. The molecule has 0 saturated carbocycles. The number of allylic oxidation sites excluding steroid dienone is 2. The van der Waals surface area contributed by atoms with Gasteiger partial charge in [-0.2, -0.15) is 0 Å². The maximum Gasteiger partial charge on any atom is 0.332 e. The largest absolute Gasteiger partial charge is 0.502 e. The summed E-state index contributed by atoms with van der Waals surface area (Å²) in [5, 5.41) is 13.4. The van der Waals surface area contributed by atoms with E-state index >= 15 is 0 Å². The third-order valence-electron chi connectivity index (χ3n) is 5.61. The third-order valence-corrected chi connectivity index (χ3v) is 5.61. The van der Waals surface area contributed by atoms with Crippen LogP contribution in [0.4, 0.5) is 5.82 Å². The van der Waals surface area contributed by atoms with Crippen LogP contribution in [-0.2, 0) is 18.9 Å². The molecule has 0 saturated heterocycles. The molecule has 2 aromatic rings. The highest BCUT2D eigenvalue weighted by atomic mass is 16.5. The number of carbonyl (C=O) groups is 1. The summed E-state index contributed by atoms with van der Waals surface area (Å²) < 4.78 is 12.9. The number of anilines is 1. The standard InChI is InChI=1S/C20H21N3O6/c1-22-18-16(19(26)23(2)20(22)27)14(15-10(21-18)5-6-11(15)24)9-7-12(28-3)17(25)13(8-9)29-4/h7-8,14,21,25H,5-6H2,1-4H3. The molecule has 0 spiro atoms. The van der Waals surface area contributed by atoms with Crippen LogP contribution in [0.2, 0.25) is 0 Å². The van der Waals surface area contributed by atoms with E-state index in [4.69, 9.17) is 9.47 Å². The fourth-order valence-electron chi connectivity index (χ4n) is 4.12. The molecule has 1 aliphatic heterocycles. The van der Waals surface area contributed by atoms with E-state index in [1.54, 1.807) is 19.2 Å². The minimum absolute atomic E-state index is 0.0648. The number of ether oxygens (including phenoxy) is 2. The Morgan fingerprint density at radius 1 is 1.03 bits per heavy atom. The van der Waals surface area contributed by atoms with Crippen molar-refractivity contribution in [2.24, 2.45) is 14.1 Å². The number of nitrogens with zero attached hydrogens (tertiary/aromatic N) is 2. The van der Waals surface area contributed by atoms with Gasteiger partial charge >= 0.3 is 5.69 Å². The Kier molecular flexibility index (Phi) is 4.25. The number of rotatable bonds is 3. The summed E-state index contributed by atoms with van der Waals surface area (Å²) >= 11 is 0. The van der Waals surface area contributed by atoms with Crippen molar-refractivity contribution in [3.8, 4) is 17.2 Å². The Balaban J connectivity index is 2.09. The lowest BCUT2D eigenvalue weighted by Crippen LogP contribution is -2.43. The molecule has 1 aromatic carbocycles. The predicted octanol–water partition coefficient (Wildman–Crippen LogP) is 0.981. The fraction of sp³-hybridized carbons (Fsp3) is 0.350. The van der Waals surface area contributed by atoms with E-state index in [1.165, 1.54) is 25.8 Å². The maximum atomic E-state index is 13.1. The van der Waals surface area contributed by atoms with E-state index in [0.717, 1.165) is 4.57 Å². The molecule has 0 radical (unpaired) electrons. The number of carbonyl (C=O) groups excluding carboxylic acids is 1. The average molecular weight is 399 g/mol. The van der Waals surface area contributed by atoms with Crippen molar-refractivity contribution in [1.29, 1.82) is 0 Å². The number of benzene rings is 1. The number of aromatic nitrogens is 2. The molecule has 1 aliphatic carbocycles. The van der Waals surface area contributed by atoms with E-state index in [1.807, 2.05) is 0 Å². The predicted molar refractivity (Wildman–Crippen MR) is 105 cm³/mol. The van der Waals surface area contributed by atoms with Crippen LogP contribution in [0.1, 0.15) is 29.9 Å². The molecule has 2 N–H and O–H groups in total. The topological polar surface area (TPSA) is 112 Å². The summed E-state index contributed by atoms with van der Waals surface area (Å²) in [7, 11) is 5.79. The maximum absolute atomic E-state index is 13.1. The number of phenolic OH excluding ortho intramolecular Hbond substituents is 1. The second kappa shape index (κ2) is 6.54. The SMILES string of the molecule is COc1cc(C2C3=C(CCC3=O)Nc3c2c(=O)n(C)c(=O)n3C)cc(OC)c1O. The average Bonchev–Trinajstić information content (AvgIpc) is 3.10. The Morgan fingerprint density at radius 3 is 2.24 bits per heavy atom. The molecule has 1 aromatic heterocycles. The van der Waals surface area contributed by atoms with Crippen LogP contribution in [0.5, 0.6) is 17.2 Å². The van der Waals surface area contributed by atoms with Gasteiger partial charge in [0.15, 0.2) is 17.3 Å². The van der Waals surface area contributed by atoms with Crippen molar-refractivity contribution in [3.05, 3.63) is 55.4 Å². The molecular formula is C20H21N3O6. The van der Waals surface area contributed by atoms with E-state index in [2.05, 4.69) is 5.32 Å². The lowest BCUT2D eigenvalue weighted by molar-refractivity contribution is -0.115. The van der Waals surface area contributed by atoms with E-state index in [0.29, 0.717) is 41.1 Å². The quantitative estimate of drug-likeness (QED) is 0.791. The minimum Gasteiger partial charge on any atom is -0.502 e. The molecule has 2 heterocycles. The van der Waals surface area contributed by atoms with Gasteiger partial charge in [-0.15, -0.1) is 0 Å². The highest BCUT2D eigenvalue weighted by Gasteiger charge is 2.40. The van der Waals surface area contributed by atoms with Gasteiger partial charge in [-0.3, -0.25) is 18.7 Å². The molecule has 9 nitrogen and oxygen atoms in total. The Bertz CT molecular complexity index is 1180. The van der Waals surface area contributed by atoms with Crippen LogP contribution >= 0.6 is 0 Å². The molecule has 0 amide bonds. The second-order valence-electron chi connectivity index (χ2n) is 7.12. The molecule has 0 fully saturated rings. The van der Waals surface area contributed by atoms with Crippen molar-refractivity contribution in [2.75, 3.05) is 19.5 Å². The highest BCUT2D eigenvalue weighted by molar-refractivity contribution is 6.02. The monoisotopic (exact) mass is 399 g/mol. The van der Waals surface area contributed by atoms with Crippen LogP contribution in [0.25, 0.3) is 0 Å². The van der Waals surface area contributed by atoms with Gasteiger partial charge in [-0.25, -0.2) is 4.79 Å². The molecule has 29 heavy (non-hydrogen) atoms. The fourth-order valence-corrected chi connectivity index (χ4v) is 4.12. The van der Waals surface area contributed by atoms with Crippen LogP contribution in [0.15, 0.2) is 33.0 Å². The van der Waals surface area contributed by atoms with Gasteiger partial charge in [0.1, 0.15) is 5.82 Å². The zero-order valence-corrected chi connectivity index (χ0v) is 16.5. The number of aromatic hydroxyl groups is 1. The van der Waals surface area contributed by atoms with Gasteiger partial charge in [0.25, 0.3) is 5.56 Å². The molecule has 1 unspecified atom stereocenters. The minimum atomic E-state index is -0.717. The van der Waals surface area contributed by atoms with Gasteiger partial charge in [-0.05, 0) is 24.1 Å². The van der Waals surface area contributed by atoms with Crippen LogP contribution in [-0.4, -0.2) is 34.2 Å². The summed E-state index contributed by atoms with van der Waals surface area (Å²) in [5.41, 5.74) is 1.08. The van der Waals surface area contributed by atoms with Crippen LogP contribution in [0, 0.1) is 0 Å². The number of ketones is 1. The van der Waals surface area contributed by atoms with Crippen molar-refractivity contribution in [2.45, 2.75) is 18.8 Å². The van der Waals surface area contributed by atoms with Crippen molar-refractivity contribution < 1.29 is 19.4 Å². The normalized spacial score (nSPS) is 17.7. The van der Waals surface area contributed by atoms with Gasteiger partial charge in [0, 0.05) is 37.7 Å². The van der Waals surface area contributed by atoms with Crippen molar-refractivity contribution >= 4 is 11.6 Å². The number of hydrogen-bond donors (Lipinski definition) is 2. The van der Waals surface area contributed by atoms with Gasteiger partial charge in [0.2, 0.25) is 5.75 Å². The molecular weight excluding hydrogens is 378 g/mol. The Hall–Kier alpha value is -3.49. The highest BCUT2D eigenvalue weighted by Crippen LogP contribution is 2.47. The zero-order valence-electron chi connectivity index (χ0n) is 16.5. The Morgan fingerprint density at radius 2 is 1.66 bits per heavy atom. The number of methoxy groups -OCH3 is 2. The van der Waals surface area contributed by atoms with Gasteiger partial charge in [0.05, 0.1) is 19.8 Å². The van der Waals surface area contributed by atoms with E-state index in [9.17, 15) is 19.5 Å². The van der Waals surface area contributed by atoms with E-state index in [-0.39, 0.29) is 23.0 Å². The lowest BCUT2D eigenvalue weighted by atomic mass is 9.82. The number of phenols is 1. The van der Waals surface area contributed by atoms with Crippen LogP contribution in [0.3, 0.4) is 0 Å². The summed E-state index contributed by atoms with van der Waals surface area (Å²) in [6.07, 6.45) is 0.822. The summed E-state index contributed by atoms with van der Waals surface area (Å²) in [6.45, 7) is 0. The molecule has 152 valence electrons. The molecule has 9 heteroatoms. The second-order valence-corrected chi connectivity index (χ2v) is 7.12. The first-order valence-electron chi connectivity index (χ1n) is 9.08. The third kappa shape index (κ3) is 2.57. The van der Waals surface area contributed by atoms with Gasteiger partial charge in [-0.1, -0.05) is 0 Å². The van der Waals surface area contributed by atoms with Crippen molar-refractivity contribution in [1.82, 2.24) is 9.13 Å². The first kappa shape index (κ1) is 18.9. The van der Waals surface area contributed by atoms with E-state index < -0.39 is 17.2 Å². The first-order valence-corrected chi connectivity index (χ1v) is 9.08. The molecule has 2 aliphatic rings. The van der Waals surface area contributed by atoms with Crippen LogP contribution < -0.4 is 26.0 Å².